The standard InChI is InChI=1S/C17H20N2O2/c1-9-10(2)21-11(3)16(9)17(18-4)12-5-6-14-13(7-12)8-15(20)19-14/h5-7,17-18H,8H2,1-4H3,(H,19,20). The fourth-order valence-electron chi connectivity index (χ4n) is 3.14. The molecule has 2 N–H and O–H groups in total. The lowest BCUT2D eigenvalue weighted by Gasteiger charge is -2.18. The second-order valence-corrected chi connectivity index (χ2v) is 5.62. The van der Waals surface area contributed by atoms with Crippen LogP contribution < -0.4 is 10.6 Å². The van der Waals surface area contributed by atoms with Crippen LogP contribution in [0.1, 0.15) is 39.8 Å². The number of rotatable bonds is 3. The molecule has 1 aliphatic heterocycles. The number of benzene rings is 1. The largest absolute Gasteiger partial charge is 0.466 e. The quantitative estimate of drug-likeness (QED) is 0.911. The second-order valence-electron chi connectivity index (χ2n) is 5.62. The predicted octanol–water partition coefficient (Wildman–Crippen LogP) is 3.01. The number of aryl methyl sites for hydroxylation is 2. The Hall–Kier alpha value is -2.07. The first-order valence-corrected chi connectivity index (χ1v) is 7.17. The third kappa shape index (κ3) is 2.25. The van der Waals surface area contributed by atoms with Crippen molar-refractivity contribution in [2.24, 2.45) is 0 Å². The first-order chi connectivity index (χ1) is 10.0. The third-order valence-corrected chi connectivity index (χ3v) is 4.28. The van der Waals surface area contributed by atoms with Gasteiger partial charge >= 0.3 is 0 Å². The fourth-order valence-corrected chi connectivity index (χ4v) is 3.14. The predicted molar refractivity (Wildman–Crippen MR) is 82.6 cm³/mol. The van der Waals surface area contributed by atoms with Crippen molar-refractivity contribution in [1.29, 1.82) is 0 Å². The second kappa shape index (κ2) is 5.04. The molecule has 0 saturated carbocycles. The summed E-state index contributed by atoms with van der Waals surface area (Å²) in [7, 11) is 1.95. The molecule has 0 fully saturated rings. The van der Waals surface area contributed by atoms with Crippen LogP contribution in [0.5, 0.6) is 0 Å². The molecule has 0 spiro atoms. The van der Waals surface area contributed by atoms with Crippen molar-refractivity contribution in [3.8, 4) is 0 Å². The highest BCUT2D eigenvalue weighted by Crippen LogP contribution is 2.33. The van der Waals surface area contributed by atoms with Gasteiger partial charge in [0.05, 0.1) is 12.5 Å². The van der Waals surface area contributed by atoms with Crippen molar-refractivity contribution >= 4 is 11.6 Å². The van der Waals surface area contributed by atoms with Crippen LogP contribution >= 0.6 is 0 Å². The van der Waals surface area contributed by atoms with Crippen LogP contribution in [0.2, 0.25) is 0 Å². The van der Waals surface area contributed by atoms with E-state index in [9.17, 15) is 4.79 Å². The van der Waals surface area contributed by atoms with Crippen LogP contribution in [0, 0.1) is 20.8 Å². The molecule has 2 aromatic rings. The first kappa shape index (κ1) is 13.9. The molecule has 1 aromatic carbocycles. The van der Waals surface area contributed by atoms with Gasteiger partial charge in [0.15, 0.2) is 0 Å². The summed E-state index contributed by atoms with van der Waals surface area (Å²) >= 11 is 0. The van der Waals surface area contributed by atoms with E-state index >= 15 is 0 Å². The number of amides is 1. The Kier molecular flexibility index (Phi) is 3.33. The van der Waals surface area contributed by atoms with Crippen LogP contribution in [0.15, 0.2) is 22.6 Å². The van der Waals surface area contributed by atoms with E-state index in [0.717, 1.165) is 28.3 Å². The Bertz CT molecular complexity index is 716. The summed E-state index contributed by atoms with van der Waals surface area (Å²) in [4.78, 5) is 11.5. The molecule has 21 heavy (non-hydrogen) atoms. The lowest BCUT2D eigenvalue weighted by atomic mass is 9.94. The van der Waals surface area contributed by atoms with Crippen molar-refractivity contribution in [1.82, 2.24) is 5.32 Å². The Balaban J connectivity index is 2.05. The van der Waals surface area contributed by atoms with Crippen LogP contribution in [-0.4, -0.2) is 13.0 Å². The molecular weight excluding hydrogens is 264 g/mol. The molecule has 0 saturated heterocycles. The van der Waals surface area contributed by atoms with Gasteiger partial charge in [-0.15, -0.1) is 0 Å². The maximum atomic E-state index is 11.5. The summed E-state index contributed by atoms with van der Waals surface area (Å²) < 4.78 is 5.75. The lowest BCUT2D eigenvalue weighted by Crippen LogP contribution is -2.19. The van der Waals surface area contributed by atoms with Crippen molar-refractivity contribution in [3.05, 3.63) is 52.0 Å². The lowest BCUT2D eigenvalue weighted by molar-refractivity contribution is -0.115. The number of fused-ring (bicyclic) bond motifs is 1. The zero-order valence-corrected chi connectivity index (χ0v) is 12.8. The summed E-state index contributed by atoms with van der Waals surface area (Å²) in [6, 6.07) is 6.23. The number of hydrogen-bond donors (Lipinski definition) is 2. The van der Waals surface area contributed by atoms with Crippen molar-refractivity contribution in [2.45, 2.75) is 33.2 Å². The number of anilines is 1. The van der Waals surface area contributed by atoms with Crippen molar-refractivity contribution < 1.29 is 9.21 Å². The maximum Gasteiger partial charge on any atom is 0.228 e. The number of furan rings is 1. The molecule has 4 nitrogen and oxygen atoms in total. The van der Waals surface area contributed by atoms with Crippen LogP contribution in [0.4, 0.5) is 5.69 Å². The van der Waals surface area contributed by atoms with E-state index in [1.54, 1.807) is 0 Å². The molecule has 2 heterocycles. The van der Waals surface area contributed by atoms with E-state index in [4.69, 9.17) is 4.42 Å². The molecule has 110 valence electrons. The molecule has 1 aromatic heterocycles. The fraction of sp³-hybridized carbons (Fsp3) is 0.353. The number of nitrogens with one attached hydrogen (secondary N) is 2. The van der Waals surface area contributed by atoms with E-state index in [-0.39, 0.29) is 11.9 Å². The van der Waals surface area contributed by atoms with Crippen LogP contribution in [0.3, 0.4) is 0 Å². The zero-order valence-electron chi connectivity index (χ0n) is 12.8. The average molecular weight is 284 g/mol. The Morgan fingerprint density at radius 2 is 2.00 bits per heavy atom. The number of carbonyl (C=O) groups excluding carboxylic acids is 1. The van der Waals surface area contributed by atoms with Gasteiger partial charge in [0, 0.05) is 11.3 Å². The van der Waals surface area contributed by atoms with Gasteiger partial charge < -0.3 is 15.1 Å². The van der Waals surface area contributed by atoms with E-state index in [0.29, 0.717) is 6.42 Å². The molecule has 1 atom stereocenters. The normalized spacial score (nSPS) is 15.0. The van der Waals surface area contributed by atoms with Crippen LogP contribution in [-0.2, 0) is 11.2 Å². The highest BCUT2D eigenvalue weighted by molar-refractivity contribution is 5.99. The summed E-state index contributed by atoms with van der Waals surface area (Å²) in [6.45, 7) is 6.08. The molecule has 1 unspecified atom stereocenters. The molecule has 3 rings (SSSR count). The van der Waals surface area contributed by atoms with Crippen molar-refractivity contribution in [3.63, 3.8) is 0 Å². The topological polar surface area (TPSA) is 54.3 Å². The molecule has 1 amide bonds. The molecular formula is C17H20N2O2. The molecule has 0 aliphatic carbocycles. The van der Waals surface area contributed by atoms with Gasteiger partial charge in [0.1, 0.15) is 11.5 Å². The molecule has 1 aliphatic rings. The minimum absolute atomic E-state index is 0.0645. The van der Waals surface area contributed by atoms with E-state index in [1.165, 1.54) is 11.1 Å². The average Bonchev–Trinajstić information content (AvgIpc) is 2.92. The monoisotopic (exact) mass is 284 g/mol. The van der Waals surface area contributed by atoms with Crippen molar-refractivity contribution in [2.75, 3.05) is 12.4 Å². The summed E-state index contributed by atoms with van der Waals surface area (Å²) in [6.07, 6.45) is 0.460. The SMILES string of the molecule is CNC(c1ccc2c(c1)CC(=O)N2)c1c(C)oc(C)c1C. The Labute approximate surface area is 124 Å². The summed E-state index contributed by atoms with van der Waals surface area (Å²) in [5.41, 5.74) is 5.51. The van der Waals surface area contributed by atoms with Gasteiger partial charge in [-0.3, -0.25) is 4.79 Å². The zero-order chi connectivity index (χ0) is 15.1. The minimum Gasteiger partial charge on any atom is -0.466 e. The van der Waals surface area contributed by atoms with E-state index in [2.05, 4.69) is 29.7 Å². The minimum atomic E-state index is 0.0645. The van der Waals surface area contributed by atoms with Gasteiger partial charge in [-0.25, -0.2) is 0 Å². The Morgan fingerprint density at radius 3 is 2.62 bits per heavy atom. The first-order valence-electron chi connectivity index (χ1n) is 7.17. The van der Waals surface area contributed by atoms with Gasteiger partial charge in [0.25, 0.3) is 0 Å². The highest BCUT2D eigenvalue weighted by atomic mass is 16.3. The van der Waals surface area contributed by atoms with E-state index < -0.39 is 0 Å². The third-order valence-electron chi connectivity index (χ3n) is 4.28. The molecule has 0 radical (unpaired) electrons. The summed E-state index contributed by atoms with van der Waals surface area (Å²) in [5.74, 6) is 1.97. The Morgan fingerprint density at radius 1 is 1.24 bits per heavy atom. The van der Waals surface area contributed by atoms with Gasteiger partial charge in [0.2, 0.25) is 5.91 Å². The van der Waals surface area contributed by atoms with Gasteiger partial charge in [-0.05, 0) is 50.6 Å². The number of carbonyl (C=O) groups is 1. The van der Waals surface area contributed by atoms with E-state index in [1.807, 2.05) is 27.0 Å². The summed E-state index contributed by atoms with van der Waals surface area (Å²) in [5, 5.41) is 6.24. The highest BCUT2D eigenvalue weighted by Gasteiger charge is 2.24. The van der Waals surface area contributed by atoms with Gasteiger partial charge in [-0.2, -0.15) is 0 Å². The van der Waals surface area contributed by atoms with Gasteiger partial charge in [-0.1, -0.05) is 12.1 Å². The molecule has 0 bridgehead atoms. The smallest absolute Gasteiger partial charge is 0.228 e. The number of hydrogen-bond acceptors (Lipinski definition) is 3. The van der Waals surface area contributed by atoms with Crippen LogP contribution in [0.25, 0.3) is 0 Å². The molecule has 4 heteroatoms. The maximum absolute atomic E-state index is 11.5.